The minimum atomic E-state index is -0.175. The minimum absolute atomic E-state index is 0.175. The maximum Gasteiger partial charge on any atom is 0.335 e. The average molecular weight is 197 g/mol. The maximum atomic E-state index is 6.12. The zero-order valence-corrected chi connectivity index (χ0v) is 8.31. The van der Waals surface area contributed by atoms with E-state index in [1.54, 1.807) is 7.05 Å². The molecular weight excluding hydrogens is 182 g/mol. The molecule has 0 spiro atoms. The smallest absolute Gasteiger partial charge is 0.335 e. The maximum absolute atomic E-state index is 6.12. The van der Waals surface area contributed by atoms with Crippen LogP contribution in [0.2, 0.25) is 0 Å². The van der Waals surface area contributed by atoms with Crippen molar-refractivity contribution in [1.29, 1.82) is 0 Å². The molecule has 6 heteroatoms. The molecule has 1 aromatic rings. The van der Waals surface area contributed by atoms with Crippen LogP contribution in [0, 0.1) is 0 Å². The van der Waals surface area contributed by atoms with Gasteiger partial charge in [-0.05, 0) is 23.3 Å². The molecule has 6 nitrogen and oxygen atoms in total. The molecule has 1 aliphatic carbocycles. The summed E-state index contributed by atoms with van der Waals surface area (Å²) in [5.74, 6) is 0. The lowest BCUT2D eigenvalue weighted by Gasteiger charge is -2.22. The van der Waals surface area contributed by atoms with Crippen LogP contribution in [0.25, 0.3) is 0 Å². The molecule has 78 valence electrons. The van der Waals surface area contributed by atoms with Crippen molar-refractivity contribution in [3.8, 4) is 6.01 Å². The summed E-state index contributed by atoms with van der Waals surface area (Å²) >= 11 is 0. The van der Waals surface area contributed by atoms with Gasteiger partial charge in [-0.25, -0.2) is 0 Å². The summed E-state index contributed by atoms with van der Waals surface area (Å²) < 4.78 is 6.96. The number of tetrazole rings is 1. The van der Waals surface area contributed by atoms with Crippen LogP contribution in [-0.4, -0.2) is 32.4 Å². The van der Waals surface area contributed by atoms with Gasteiger partial charge in [-0.15, -0.1) is 0 Å². The Morgan fingerprint density at radius 3 is 2.79 bits per heavy atom. The molecule has 1 aliphatic rings. The second-order valence-electron chi connectivity index (χ2n) is 3.94. The lowest BCUT2D eigenvalue weighted by molar-refractivity contribution is 0.198. The molecule has 0 bridgehead atoms. The van der Waals surface area contributed by atoms with Crippen LogP contribution in [0.3, 0.4) is 0 Å². The Balaban J connectivity index is 1.91. The van der Waals surface area contributed by atoms with Crippen molar-refractivity contribution in [1.82, 2.24) is 20.2 Å². The van der Waals surface area contributed by atoms with E-state index in [2.05, 4.69) is 15.5 Å². The van der Waals surface area contributed by atoms with E-state index in [1.807, 2.05) is 0 Å². The Morgan fingerprint density at radius 1 is 1.50 bits per heavy atom. The van der Waals surface area contributed by atoms with Gasteiger partial charge in [0.1, 0.15) is 6.61 Å². The van der Waals surface area contributed by atoms with E-state index in [0.717, 1.165) is 12.8 Å². The van der Waals surface area contributed by atoms with Gasteiger partial charge in [0.15, 0.2) is 0 Å². The quantitative estimate of drug-likeness (QED) is 0.729. The van der Waals surface area contributed by atoms with Gasteiger partial charge in [0.05, 0.1) is 5.54 Å². The molecule has 2 N–H and O–H groups in total. The summed E-state index contributed by atoms with van der Waals surface area (Å²) in [6.45, 7) is 0.501. The lowest BCUT2D eigenvalue weighted by Crippen LogP contribution is -2.42. The van der Waals surface area contributed by atoms with Crippen molar-refractivity contribution in [3.63, 3.8) is 0 Å². The molecule has 1 aromatic heterocycles. The summed E-state index contributed by atoms with van der Waals surface area (Å²) in [6.07, 6.45) is 4.43. The van der Waals surface area contributed by atoms with Gasteiger partial charge in [-0.3, -0.25) is 0 Å². The Morgan fingerprint density at radius 2 is 2.21 bits per heavy atom. The SMILES string of the molecule is Cn1nnnc1OCC1(N)CCCC1. The van der Waals surface area contributed by atoms with Crippen molar-refractivity contribution < 1.29 is 4.74 Å². The largest absolute Gasteiger partial charge is 0.461 e. The highest BCUT2D eigenvalue weighted by Gasteiger charge is 2.30. The van der Waals surface area contributed by atoms with E-state index in [-0.39, 0.29) is 5.54 Å². The van der Waals surface area contributed by atoms with Crippen molar-refractivity contribution in [2.45, 2.75) is 31.2 Å². The van der Waals surface area contributed by atoms with Gasteiger partial charge in [-0.2, -0.15) is 4.68 Å². The third kappa shape index (κ3) is 1.84. The predicted octanol–water partition coefficient (Wildman–Crippen LogP) is -0.140. The highest BCUT2D eigenvalue weighted by molar-refractivity contribution is 4.93. The zero-order valence-electron chi connectivity index (χ0n) is 8.31. The highest BCUT2D eigenvalue weighted by atomic mass is 16.5. The summed E-state index contributed by atoms with van der Waals surface area (Å²) in [6, 6.07) is 0.432. The third-order valence-corrected chi connectivity index (χ3v) is 2.67. The second-order valence-corrected chi connectivity index (χ2v) is 3.94. The van der Waals surface area contributed by atoms with Crippen LogP contribution in [0.5, 0.6) is 6.01 Å². The third-order valence-electron chi connectivity index (χ3n) is 2.67. The van der Waals surface area contributed by atoms with Gasteiger partial charge < -0.3 is 10.5 Å². The average Bonchev–Trinajstić information content (AvgIpc) is 2.73. The van der Waals surface area contributed by atoms with Gasteiger partial charge in [-0.1, -0.05) is 17.9 Å². The van der Waals surface area contributed by atoms with E-state index in [4.69, 9.17) is 10.5 Å². The molecule has 14 heavy (non-hydrogen) atoms. The summed E-state index contributed by atoms with van der Waals surface area (Å²) in [4.78, 5) is 0. The first-order valence-corrected chi connectivity index (χ1v) is 4.84. The standard InChI is InChI=1S/C8H15N5O/c1-13-7(10-11-12-13)14-6-8(9)4-2-3-5-8/h2-6,9H2,1H3. The number of ether oxygens (including phenoxy) is 1. The molecule has 0 amide bonds. The lowest BCUT2D eigenvalue weighted by atomic mass is 10.0. The van der Waals surface area contributed by atoms with E-state index in [1.165, 1.54) is 17.5 Å². The molecule has 2 rings (SSSR count). The fourth-order valence-corrected chi connectivity index (χ4v) is 1.78. The van der Waals surface area contributed by atoms with E-state index >= 15 is 0 Å². The topological polar surface area (TPSA) is 78.8 Å². The number of nitrogens with two attached hydrogens (primary N) is 1. The predicted molar refractivity (Wildman–Crippen MR) is 49.7 cm³/mol. The van der Waals surface area contributed by atoms with Crippen LogP contribution in [-0.2, 0) is 7.05 Å². The normalized spacial score (nSPS) is 19.9. The summed E-state index contributed by atoms with van der Waals surface area (Å²) in [5.41, 5.74) is 5.95. The van der Waals surface area contributed by atoms with Crippen molar-refractivity contribution in [2.24, 2.45) is 12.8 Å². The molecule has 0 aliphatic heterocycles. The van der Waals surface area contributed by atoms with Gasteiger partial charge >= 0.3 is 6.01 Å². The highest BCUT2D eigenvalue weighted by Crippen LogP contribution is 2.27. The number of nitrogens with zero attached hydrogens (tertiary/aromatic N) is 4. The number of aromatic nitrogens is 4. The van der Waals surface area contributed by atoms with E-state index in [9.17, 15) is 0 Å². The van der Waals surface area contributed by atoms with Crippen LogP contribution < -0.4 is 10.5 Å². The van der Waals surface area contributed by atoms with Crippen molar-refractivity contribution in [3.05, 3.63) is 0 Å². The first-order valence-electron chi connectivity index (χ1n) is 4.84. The number of rotatable bonds is 3. The molecule has 0 aromatic carbocycles. The first-order chi connectivity index (χ1) is 6.70. The Kier molecular flexibility index (Phi) is 2.37. The first kappa shape index (κ1) is 9.39. The minimum Gasteiger partial charge on any atom is -0.461 e. The van der Waals surface area contributed by atoms with Crippen LogP contribution in [0.15, 0.2) is 0 Å². The molecular formula is C8H15N5O. The molecule has 0 radical (unpaired) electrons. The molecule has 0 saturated heterocycles. The molecule has 0 atom stereocenters. The Labute approximate surface area is 82.4 Å². The molecule has 1 saturated carbocycles. The Hall–Kier alpha value is -1.17. The molecule has 1 fully saturated rings. The Bertz CT molecular complexity index is 304. The van der Waals surface area contributed by atoms with E-state index in [0.29, 0.717) is 12.6 Å². The zero-order chi connectivity index (χ0) is 10.0. The number of hydrogen-bond acceptors (Lipinski definition) is 5. The van der Waals surface area contributed by atoms with Crippen molar-refractivity contribution in [2.75, 3.05) is 6.61 Å². The van der Waals surface area contributed by atoms with Crippen LogP contribution in [0.4, 0.5) is 0 Å². The fourth-order valence-electron chi connectivity index (χ4n) is 1.78. The van der Waals surface area contributed by atoms with Gasteiger partial charge in [0, 0.05) is 7.05 Å². The second kappa shape index (κ2) is 3.53. The van der Waals surface area contributed by atoms with Gasteiger partial charge in [0.25, 0.3) is 0 Å². The number of hydrogen-bond donors (Lipinski definition) is 1. The monoisotopic (exact) mass is 197 g/mol. The molecule has 0 unspecified atom stereocenters. The van der Waals surface area contributed by atoms with E-state index < -0.39 is 0 Å². The summed E-state index contributed by atoms with van der Waals surface area (Å²) in [5, 5.41) is 10.9. The fraction of sp³-hybridized carbons (Fsp3) is 0.875. The van der Waals surface area contributed by atoms with Crippen LogP contribution >= 0.6 is 0 Å². The molecule has 1 heterocycles. The van der Waals surface area contributed by atoms with Gasteiger partial charge in [0.2, 0.25) is 0 Å². The summed E-state index contributed by atoms with van der Waals surface area (Å²) in [7, 11) is 1.74. The number of aryl methyl sites for hydroxylation is 1. The van der Waals surface area contributed by atoms with Crippen LogP contribution in [0.1, 0.15) is 25.7 Å². The van der Waals surface area contributed by atoms with Crippen molar-refractivity contribution >= 4 is 0 Å².